The van der Waals surface area contributed by atoms with Gasteiger partial charge in [-0.05, 0) is 32.7 Å². The van der Waals surface area contributed by atoms with E-state index in [-0.39, 0.29) is 6.10 Å². The first-order valence-electron chi connectivity index (χ1n) is 6.11. The van der Waals surface area contributed by atoms with Crippen LogP contribution in [0.4, 0.5) is 0 Å². The quantitative estimate of drug-likeness (QED) is 0.859. The van der Waals surface area contributed by atoms with Crippen molar-refractivity contribution in [2.24, 2.45) is 0 Å². The van der Waals surface area contributed by atoms with Crippen LogP contribution in [0.1, 0.15) is 56.0 Å². The molecule has 2 unspecified atom stereocenters. The van der Waals surface area contributed by atoms with Gasteiger partial charge in [-0.3, -0.25) is 0 Å². The molecular formula is C12H20N2OS. The van der Waals surface area contributed by atoms with Crippen LogP contribution in [-0.4, -0.2) is 18.1 Å². The first-order chi connectivity index (χ1) is 7.81. The lowest BCUT2D eigenvalue weighted by atomic mass is 10.2. The van der Waals surface area contributed by atoms with E-state index < -0.39 is 0 Å². The van der Waals surface area contributed by atoms with Crippen LogP contribution in [0.15, 0.2) is 5.38 Å². The van der Waals surface area contributed by atoms with Crippen LogP contribution in [0.2, 0.25) is 0 Å². The molecule has 0 aliphatic carbocycles. The van der Waals surface area contributed by atoms with E-state index in [9.17, 15) is 0 Å². The van der Waals surface area contributed by atoms with E-state index in [4.69, 9.17) is 4.74 Å². The van der Waals surface area contributed by atoms with Crippen molar-refractivity contribution in [2.45, 2.75) is 45.3 Å². The van der Waals surface area contributed by atoms with Gasteiger partial charge in [0, 0.05) is 18.0 Å². The van der Waals surface area contributed by atoms with Gasteiger partial charge in [0.15, 0.2) is 0 Å². The Morgan fingerprint density at radius 2 is 2.56 bits per heavy atom. The third-order valence-corrected chi connectivity index (χ3v) is 3.84. The predicted molar refractivity (Wildman–Crippen MR) is 66.7 cm³/mol. The van der Waals surface area contributed by atoms with Crippen LogP contribution in [-0.2, 0) is 4.74 Å². The van der Waals surface area contributed by atoms with Crippen LogP contribution in [0.5, 0.6) is 0 Å². The van der Waals surface area contributed by atoms with Crippen molar-refractivity contribution in [3.63, 3.8) is 0 Å². The summed E-state index contributed by atoms with van der Waals surface area (Å²) < 4.78 is 5.64. The van der Waals surface area contributed by atoms with Gasteiger partial charge >= 0.3 is 0 Å². The number of aromatic nitrogens is 1. The van der Waals surface area contributed by atoms with Gasteiger partial charge < -0.3 is 10.1 Å². The molecule has 1 aliphatic rings. The van der Waals surface area contributed by atoms with Crippen molar-refractivity contribution in [3.8, 4) is 0 Å². The molecule has 1 saturated heterocycles. The number of hydrogen-bond acceptors (Lipinski definition) is 4. The molecule has 4 heteroatoms. The molecule has 0 aromatic carbocycles. The van der Waals surface area contributed by atoms with Gasteiger partial charge in [-0.2, -0.15) is 0 Å². The van der Waals surface area contributed by atoms with Gasteiger partial charge in [0.25, 0.3) is 0 Å². The highest BCUT2D eigenvalue weighted by atomic mass is 32.1. The first-order valence-corrected chi connectivity index (χ1v) is 6.99. The fraction of sp³-hybridized carbons (Fsp3) is 0.750. The van der Waals surface area contributed by atoms with Gasteiger partial charge in [0.2, 0.25) is 0 Å². The van der Waals surface area contributed by atoms with E-state index in [1.165, 1.54) is 6.42 Å². The van der Waals surface area contributed by atoms with Crippen molar-refractivity contribution >= 4 is 11.3 Å². The molecule has 2 atom stereocenters. The maximum absolute atomic E-state index is 5.64. The molecule has 0 saturated carbocycles. The van der Waals surface area contributed by atoms with Crippen LogP contribution in [0.3, 0.4) is 0 Å². The lowest BCUT2D eigenvalue weighted by Gasteiger charge is -2.10. The smallest absolute Gasteiger partial charge is 0.122 e. The maximum atomic E-state index is 5.64. The van der Waals surface area contributed by atoms with E-state index in [0.29, 0.717) is 6.04 Å². The molecule has 2 rings (SSSR count). The molecule has 1 aromatic heterocycles. The third kappa shape index (κ3) is 2.81. The summed E-state index contributed by atoms with van der Waals surface area (Å²) in [6.45, 7) is 6.29. The molecule has 3 nitrogen and oxygen atoms in total. The Labute approximate surface area is 101 Å². The van der Waals surface area contributed by atoms with Crippen molar-refractivity contribution in [1.82, 2.24) is 10.3 Å². The highest BCUT2D eigenvalue weighted by Crippen LogP contribution is 2.31. The normalized spacial score (nSPS) is 22.5. The zero-order chi connectivity index (χ0) is 11.4. The van der Waals surface area contributed by atoms with Crippen LogP contribution in [0, 0.1) is 0 Å². The van der Waals surface area contributed by atoms with E-state index in [1.54, 1.807) is 11.3 Å². The van der Waals surface area contributed by atoms with Crippen molar-refractivity contribution in [3.05, 3.63) is 16.1 Å². The highest BCUT2D eigenvalue weighted by Gasteiger charge is 2.21. The summed E-state index contributed by atoms with van der Waals surface area (Å²) in [5.41, 5.74) is 1.16. The van der Waals surface area contributed by atoms with Gasteiger partial charge in [-0.25, -0.2) is 4.98 Å². The summed E-state index contributed by atoms with van der Waals surface area (Å²) in [5.74, 6) is 0. The number of nitrogens with zero attached hydrogens (tertiary/aromatic N) is 1. The maximum Gasteiger partial charge on any atom is 0.122 e. The van der Waals surface area contributed by atoms with E-state index in [0.717, 1.165) is 36.7 Å². The van der Waals surface area contributed by atoms with Crippen molar-refractivity contribution < 1.29 is 4.74 Å². The molecule has 0 spiro atoms. The monoisotopic (exact) mass is 240 g/mol. The number of rotatable bonds is 5. The Morgan fingerprint density at radius 1 is 1.69 bits per heavy atom. The number of hydrogen-bond donors (Lipinski definition) is 1. The second-order valence-corrected chi connectivity index (χ2v) is 5.18. The Bertz CT molecular complexity index is 321. The predicted octanol–water partition coefficient (Wildman–Crippen LogP) is 3.06. The minimum atomic E-state index is 0.261. The molecule has 0 amide bonds. The summed E-state index contributed by atoms with van der Waals surface area (Å²) in [5, 5.41) is 6.76. The topological polar surface area (TPSA) is 34.1 Å². The van der Waals surface area contributed by atoms with Gasteiger partial charge in [0.05, 0.1) is 5.69 Å². The SMILES string of the molecule is CCCNC(C)c1csc(C2CCCO2)n1. The lowest BCUT2D eigenvalue weighted by molar-refractivity contribution is 0.111. The van der Waals surface area contributed by atoms with E-state index in [1.807, 2.05) is 0 Å². The van der Waals surface area contributed by atoms with Gasteiger partial charge in [-0.1, -0.05) is 6.92 Å². The molecule has 1 aromatic rings. The van der Waals surface area contributed by atoms with E-state index in [2.05, 4.69) is 29.5 Å². The zero-order valence-electron chi connectivity index (χ0n) is 10.0. The molecular weight excluding hydrogens is 220 g/mol. The first kappa shape index (κ1) is 12.0. The second-order valence-electron chi connectivity index (χ2n) is 4.29. The molecule has 0 radical (unpaired) electrons. The molecule has 16 heavy (non-hydrogen) atoms. The molecule has 2 heterocycles. The minimum absolute atomic E-state index is 0.261. The van der Waals surface area contributed by atoms with Gasteiger partial charge in [-0.15, -0.1) is 11.3 Å². The minimum Gasteiger partial charge on any atom is -0.371 e. The molecule has 1 aliphatic heterocycles. The second kappa shape index (κ2) is 5.75. The standard InChI is InChI=1S/C12H20N2OS/c1-3-6-13-9(2)10-8-16-12(14-10)11-5-4-7-15-11/h8-9,11,13H,3-7H2,1-2H3. The van der Waals surface area contributed by atoms with Gasteiger partial charge in [0.1, 0.15) is 11.1 Å². The summed E-state index contributed by atoms with van der Waals surface area (Å²) in [6, 6.07) is 0.353. The summed E-state index contributed by atoms with van der Waals surface area (Å²) >= 11 is 1.73. The van der Waals surface area contributed by atoms with Crippen molar-refractivity contribution in [2.75, 3.05) is 13.2 Å². The Balaban J connectivity index is 1.95. The molecule has 1 fully saturated rings. The zero-order valence-corrected chi connectivity index (χ0v) is 10.8. The Kier molecular flexibility index (Phi) is 4.32. The summed E-state index contributed by atoms with van der Waals surface area (Å²) in [6.07, 6.45) is 3.72. The number of thiazole rings is 1. The Morgan fingerprint density at radius 3 is 3.25 bits per heavy atom. The molecule has 1 N–H and O–H groups in total. The van der Waals surface area contributed by atoms with Crippen LogP contribution >= 0.6 is 11.3 Å². The van der Waals surface area contributed by atoms with Crippen LogP contribution in [0.25, 0.3) is 0 Å². The fourth-order valence-corrected chi connectivity index (χ4v) is 2.88. The lowest BCUT2D eigenvalue weighted by Crippen LogP contribution is -2.19. The number of nitrogens with one attached hydrogen (secondary N) is 1. The summed E-state index contributed by atoms with van der Waals surface area (Å²) in [4.78, 5) is 4.68. The summed E-state index contributed by atoms with van der Waals surface area (Å²) in [7, 11) is 0. The largest absolute Gasteiger partial charge is 0.371 e. The van der Waals surface area contributed by atoms with Crippen LogP contribution < -0.4 is 5.32 Å². The number of ether oxygens (including phenoxy) is 1. The fourth-order valence-electron chi connectivity index (χ4n) is 1.89. The molecule has 0 bridgehead atoms. The Hall–Kier alpha value is -0.450. The average Bonchev–Trinajstić information content (AvgIpc) is 2.94. The van der Waals surface area contributed by atoms with Crippen molar-refractivity contribution in [1.29, 1.82) is 0 Å². The van der Waals surface area contributed by atoms with E-state index >= 15 is 0 Å². The highest BCUT2D eigenvalue weighted by molar-refractivity contribution is 7.09. The molecule has 90 valence electrons. The third-order valence-electron chi connectivity index (χ3n) is 2.89. The average molecular weight is 240 g/mol.